The number of fused-ring (bicyclic) bond motifs is 1. The predicted molar refractivity (Wildman–Crippen MR) is 117 cm³/mol. The normalized spacial score (nSPS) is 12.3. The average Bonchev–Trinajstić information content (AvgIpc) is 2.71. The van der Waals surface area contributed by atoms with Gasteiger partial charge >= 0.3 is 0 Å². The molecule has 2 aromatic carbocycles. The van der Waals surface area contributed by atoms with E-state index in [9.17, 15) is 9.59 Å². The molecule has 0 aliphatic heterocycles. The number of hydrogen-bond donors (Lipinski definition) is 0. The van der Waals surface area contributed by atoms with Crippen LogP contribution in [0.25, 0.3) is 16.6 Å². The van der Waals surface area contributed by atoms with Crippen LogP contribution in [-0.2, 0) is 4.79 Å². The van der Waals surface area contributed by atoms with Crippen molar-refractivity contribution >= 4 is 16.8 Å². The van der Waals surface area contributed by atoms with Gasteiger partial charge in [0.2, 0.25) is 5.91 Å². The van der Waals surface area contributed by atoms with E-state index in [0.29, 0.717) is 29.7 Å². The Kier molecular flexibility index (Phi) is 6.16. The maximum absolute atomic E-state index is 13.5. The summed E-state index contributed by atoms with van der Waals surface area (Å²) in [6.45, 7) is 10.4. The third-order valence-electron chi connectivity index (χ3n) is 5.24. The van der Waals surface area contributed by atoms with E-state index in [1.807, 2.05) is 82.0 Å². The maximum atomic E-state index is 13.5. The molecule has 152 valence electrons. The largest absolute Gasteiger partial charge is 0.333 e. The van der Waals surface area contributed by atoms with Crippen LogP contribution < -0.4 is 5.56 Å². The monoisotopic (exact) mass is 391 g/mol. The lowest BCUT2D eigenvalue weighted by Crippen LogP contribution is -2.40. The summed E-state index contributed by atoms with van der Waals surface area (Å²) in [5, 5.41) is 0.575. The second-order valence-electron chi connectivity index (χ2n) is 7.67. The molecule has 1 aromatic heterocycles. The molecule has 0 saturated heterocycles. The molecular formula is C24H29N3O2. The number of aromatic nitrogens is 2. The highest BCUT2D eigenvalue weighted by Gasteiger charge is 2.29. The molecular weight excluding hydrogens is 362 g/mol. The standard InChI is InChI=1S/C24H29N3O2/c1-6-21(26(7-2)23(28)16(3)4)22-25-20-14-9-8-13-19(20)24(29)27(22)18-12-10-11-17(5)15-18/h8-16,21H,6-7H2,1-5H3. The lowest BCUT2D eigenvalue weighted by Gasteiger charge is -2.32. The summed E-state index contributed by atoms with van der Waals surface area (Å²) >= 11 is 0. The quantitative estimate of drug-likeness (QED) is 0.615. The van der Waals surface area contributed by atoms with Crippen LogP contribution in [0.3, 0.4) is 0 Å². The number of hydrogen-bond acceptors (Lipinski definition) is 3. The van der Waals surface area contributed by atoms with Crippen LogP contribution in [0.15, 0.2) is 53.3 Å². The van der Waals surface area contributed by atoms with Gasteiger partial charge in [-0.3, -0.25) is 14.2 Å². The van der Waals surface area contributed by atoms with Gasteiger partial charge in [-0.1, -0.05) is 45.0 Å². The molecule has 1 amide bonds. The topological polar surface area (TPSA) is 55.2 Å². The number of para-hydroxylation sites is 1. The van der Waals surface area contributed by atoms with Gasteiger partial charge in [-0.2, -0.15) is 0 Å². The van der Waals surface area contributed by atoms with Crippen molar-refractivity contribution in [2.45, 2.75) is 47.1 Å². The molecule has 0 fully saturated rings. The van der Waals surface area contributed by atoms with Crippen molar-refractivity contribution in [1.82, 2.24) is 14.5 Å². The Labute approximate surface area is 172 Å². The Hall–Kier alpha value is -2.95. The van der Waals surface area contributed by atoms with Gasteiger partial charge in [-0.25, -0.2) is 4.98 Å². The van der Waals surface area contributed by atoms with Gasteiger partial charge in [-0.15, -0.1) is 0 Å². The first-order chi connectivity index (χ1) is 13.9. The summed E-state index contributed by atoms with van der Waals surface area (Å²) in [5.41, 5.74) is 2.38. The summed E-state index contributed by atoms with van der Waals surface area (Å²) in [7, 11) is 0. The highest BCUT2D eigenvalue weighted by atomic mass is 16.2. The maximum Gasteiger partial charge on any atom is 0.266 e. The van der Waals surface area contributed by atoms with Crippen molar-refractivity contribution in [3.8, 4) is 5.69 Å². The number of rotatable bonds is 6. The van der Waals surface area contributed by atoms with Gasteiger partial charge in [0.05, 0.1) is 22.6 Å². The van der Waals surface area contributed by atoms with Crippen LogP contribution in [0.1, 0.15) is 51.5 Å². The molecule has 0 N–H and O–H groups in total. The fourth-order valence-corrected chi connectivity index (χ4v) is 3.79. The SMILES string of the molecule is CCC(c1nc2ccccc2c(=O)n1-c1cccc(C)c1)N(CC)C(=O)C(C)C. The van der Waals surface area contributed by atoms with Gasteiger partial charge < -0.3 is 4.90 Å². The van der Waals surface area contributed by atoms with Crippen molar-refractivity contribution in [2.24, 2.45) is 5.92 Å². The molecule has 0 aliphatic carbocycles. The summed E-state index contributed by atoms with van der Waals surface area (Å²) in [6.07, 6.45) is 0.670. The number of aryl methyl sites for hydroxylation is 1. The van der Waals surface area contributed by atoms with E-state index in [1.165, 1.54) is 0 Å². The summed E-state index contributed by atoms with van der Waals surface area (Å²) in [6, 6.07) is 14.9. The van der Waals surface area contributed by atoms with Gasteiger partial charge in [0.25, 0.3) is 5.56 Å². The lowest BCUT2D eigenvalue weighted by atomic mass is 10.1. The Morgan fingerprint density at radius 1 is 1.10 bits per heavy atom. The van der Waals surface area contributed by atoms with Crippen molar-refractivity contribution in [1.29, 1.82) is 0 Å². The number of carbonyl (C=O) groups excluding carboxylic acids is 1. The summed E-state index contributed by atoms with van der Waals surface area (Å²) < 4.78 is 1.68. The van der Waals surface area contributed by atoms with Gasteiger partial charge in [0, 0.05) is 12.5 Å². The average molecular weight is 392 g/mol. The number of benzene rings is 2. The Morgan fingerprint density at radius 3 is 2.45 bits per heavy atom. The van der Waals surface area contributed by atoms with E-state index in [4.69, 9.17) is 4.98 Å². The number of nitrogens with zero attached hydrogens (tertiary/aromatic N) is 3. The second-order valence-corrected chi connectivity index (χ2v) is 7.67. The minimum atomic E-state index is -0.285. The van der Waals surface area contributed by atoms with Crippen LogP contribution in [0.5, 0.6) is 0 Å². The van der Waals surface area contributed by atoms with Crippen LogP contribution >= 0.6 is 0 Å². The Bertz CT molecular complexity index is 1080. The Morgan fingerprint density at radius 2 is 1.83 bits per heavy atom. The highest BCUT2D eigenvalue weighted by Crippen LogP contribution is 2.27. The predicted octanol–water partition coefficient (Wildman–Crippen LogP) is 4.65. The summed E-state index contributed by atoms with van der Waals surface area (Å²) in [5.74, 6) is 0.554. The minimum Gasteiger partial charge on any atom is -0.333 e. The van der Waals surface area contributed by atoms with Crippen molar-refractivity contribution in [2.75, 3.05) is 6.54 Å². The van der Waals surface area contributed by atoms with Crippen LogP contribution in [0.4, 0.5) is 0 Å². The Balaban J connectivity index is 2.34. The molecule has 3 rings (SSSR count). The molecule has 29 heavy (non-hydrogen) atoms. The molecule has 0 saturated carbocycles. The molecule has 0 aliphatic rings. The molecule has 0 bridgehead atoms. The molecule has 1 unspecified atom stereocenters. The zero-order valence-corrected chi connectivity index (χ0v) is 17.8. The molecule has 1 heterocycles. The first kappa shape index (κ1) is 20.8. The smallest absolute Gasteiger partial charge is 0.266 e. The van der Waals surface area contributed by atoms with Crippen molar-refractivity contribution in [3.05, 3.63) is 70.3 Å². The fourth-order valence-electron chi connectivity index (χ4n) is 3.79. The van der Waals surface area contributed by atoms with Gasteiger partial charge in [0.1, 0.15) is 5.82 Å². The molecule has 5 nitrogen and oxygen atoms in total. The first-order valence-electron chi connectivity index (χ1n) is 10.3. The molecule has 1 atom stereocenters. The lowest BCUT2D eigenvalue weighted by molar-refractivity contribution is -0.137. The zero-order valence-electron chi connectivity index (χ0n) is 17.8. The zero-order chi connectivity index (χ0) is 21.1. The van der Waals surface area contributed by atoms with Gasteiger partial charge in [0.15, 0.2) is 0 Å². The van der Waals surface area contributed by atoms with Crippen LogP contribution in [0.2, 0.25) is 0 Å². The molecule has 3 aromatic rings. The van der Waals surface area contributed by atoms with E-state index in [-0.39, 0.29) is 23.4 Å². The molecule has 0 spiro atoms. The second kappa shape index (κ2) is 8.60. The third-order valence-corrected chi connectivity index (χ3v) is 5.24. The van der Waals surface area contributed by atoms with Crippen molar-refractivity contribution < 1.29 is 4.79 Å². The number of carbonyl (C=O) groups is 1. The van der Waals surface area contributed by atoms with E-state index in [0.717, 1.165) is 11.3 Å². The molecule has 0 radical (unpaired) electrons. The minimum absolute atomic E-state index is 0.0672. The van der Waals surface area contributed by atoms with Gasteiger partial charge in [-0.05, 0) is 50.1 Å². The first-order valence-corrected chi connectivity index (χ1v) is 10.3. The molecule has 5 heteroatoms. The van der Waals surface area contributed by atoms with Crippen LogP contribution in [0, 0.1) is 12.8 Å². The third kappa shape index (κ3) is 3.95. The van der Waals surface area contributed by atoms with E-state index in [2.05, 4.69) is 0 Å². The summed E-state index contributed by atoms with van der Waals surface area (Å²) in [4.78, 5) is 33.2. The van der Waals surface area contributed by atoms with Crippen LogP contribution in [-0.4, -0.2) is 26.9 Å². The van der Waals surface area contributed by atoms with E-state index < -0.39 is 0 Å². The number of amides is 1. The van der Waals surface area contributed by atoms with E-state index in [1.54, 1.807) is 10.6 Å². The van der Waals surface area contributed by atoms with E-state index >= 15 is 0 Å². The van der Waals surface area contributed by atoms with Crippen molar-refractivity contribution in [3.63, 3.8) is 0 Å². The fraction of sp³-hybridized carbons (Fsp3) is 0.375. The highest BCUT2D eigenvalue weighted by molar-refractivity contribution is 5.79.